The summed E-state index contributed by atoms with van der Waals surface area (Å²) in [6.07, 6.45) is 1.99. The van der Waals surface area contributed by atoms with Crippen LogP contribution in [-0.2, 0) is 0 Å². The normalized spacial score (nSPS) is 10.9. The van der Waals surface area contributed by atoms with Crippen LogP contribution in [0.25, 0.3) is 22.0 Å². The van der Waals surface area contributed by atoms with E-state index in [4.69, 9.17) is 4.98 Å². The van der Waals surface area contributed by atoms with Gasteiger partial charge < -0.3 is 0 Å². The minimum atomic E-state index is 0.215. The van der Waals surface area contributed by atoms with Gasteiger partial charge in [0.15, 0.2) is 0 Å². The molecule has 0 aliphatic carbocycles. The first-order valence-corrected chi connectivity index (χ1v) is 9.70. The van der Waals surface area contributed by atoms with Crippen LogP contribution in [0.15, 0.2) is 85.1 Å². The van der Waals surface area contributed by atoms with E-state index in [0.717, 1.165) is 5.69 Å². The van der Waals surface area contributed by atoms with Crippen LogP contribution in [0.5, 0.6) is 0 Å². The summed E-state index contributed by atoms with van der Waals surface area (Å²) in [6, 6.07) is 27.9. The molecular weight excluding hydrogens is 357 g/mol. The third kappa shape index (κ3) is 2.99. The zero-order valence-electron chi connectivity index (χ0n) is 13.4. The molecule has 1 heterocycles. The van der Waals surface area contributed by atoms with Crippen LogP contribution in [-0.4, -0.2) is 19.9 Å². The van der Waals surface area contributed by atoms with Gasteiger partial charge in [-0.1, -0.05) is 0 Å². The number of aromatic nitrogens is 1. The minimum absolute atomic E-state index is 0.215. The molecule has 0 unspecified atom stereocenters. The van der Waals surface area contributed by atoms with E-state index in [9.17, 15) is 0 Å². The second-order valence-electron chi connectivity index (χ2n) is 5.80. The molecule has 116 valence electrons. The first-order chi connectivity index (χ1) is 11.8. The Labute approximate surface area is 148 Å². The zero-order chi connectivity index (χ0) is 16.4. The van der Waals surface area contributed by atoms with Crippen molar-refractivity contribution < 1.29 is 0 Å². The molecule has 1 aromatic heterocycles. The van der Waals surface area contributed by atoms with E-state index in [1.165, 1.54) is 30.8 Å². The maximum absolute atomic E-state index is 4.81. The van der Waals surface area contributed by atoms with Crippen molar-refractivity contribution >= 4 is 34.7 Å². The summed E-state index contributed by atoms with van der Waals surface area (Å²) < 4.78 is 2.74. The van der Waals surface area contributed by atoms with E-state index in [0.29, 0.717) is 0 Å². The quantitative estimate of drug-likeness (QED) is 0.496. The van der Waals surface area contributed by atoms with Gasteiger partial charge in [-0.15, -0.1) is 0 Å². The van der Waals surface area contributed by atoms with Gasteiger partial charge in [0.2, 0.25) is 0 Å². The Hall–Kier alpha value is -2.41. The van der Waals surface area contributed by atoms with Gasteiger partial charge in [0, 0.05) is 0 Å². The number of rotatable bonds is 3. The van der Waals surface area contributed by atoms with Crippen molar-refractivity contribution in [2.24, 2.45) is 0 Å². The van der Waals surface area contributed by atoms with Crippen LogP contribution in [0.1, 0.15) is 5.56 Å². The number of fused-ring (bicyclic) bond motifs is 1. The van der Waals surface area contributed by atoms with Gasteiger partial charge in [-0.3, -0.25) is 0 Å². The Morgan fingerprint density at radius 2 is 1.46 bits per heavy atom. The molecule has 0 saturated carbocycles. The summed E-state index contributed by atoms with van der Waals surface area (Å²) in [7, 11) is 0. The molecule has 0 atom stereocenters. The van der Waals surface area contributed by atoms with Crippen LogP contribution < -0.4 is 8.92 Å². The van der Waals surface area contributed by atoms with E-state index in [-0.39, 0.29) is 15.0 Å². The van der Waals surface area contributed by atoms with Crippen LogP contribution in [0.4, 0.5) is 0 Å². The van der Waals surface area contributed by atoms with E-state index < -0.39 is 0 Å². The molecule has 0 aliphatic rings. The number of hydrogen-bond donors (Lipinski definition) is 0. The molecule has 0 saturated heterocycles. The fraction of sp³-hybridized carbons (Fsp3) is 0.0455. The molecule has 0 aliphatic heterocycles. The number of aryl methyl sites for hydroxylation is 1. The van der Waals surface area contributed by atoms with E-state index in [1.54, 1.807) is 0 Å². The Bertz CT molecular complexity index is 976. The van der Waals surface area contributed by atoms with Crippen LogP contribution in [0.3, 0.4) is 0 Å². The number of pyridine rings is 1. The van der Waals surface area contributed by atoms with Crippen molar-refractivity contribution in [3.8, 4) is 11.3 Å². The van der Waals surface area contributed by atoms with Crippen molar-refractivity contribution in [3.63, 3.8) is 0 Å². The average Bonchev–Trinajstić information content (AvgIpc) is 2.64. The summed E-state index contributed by atoms with van der Waals surface area (Å²) in [5.41, 5.74) is 3.59. The van der Waals surface area contributed by atoms with Gasteiger partial charge in [-0.2, -0.15) is 0 Å². The molecule has 0 fully saturated rings. The van der Waals surface area contributed by atoms with Crippen LogP contribution in [0.2, 0.25) is 0 Å². The topological polar surface area (TPSA) is 12.9 Å². The summed E-state index contributed by atoms with van der Waals surface area (Å²) in [4.78, 5) is 4.81. The molecule has 24 heavy (non-hydrogen) atoms. The monoisotopic (exact) mass is 375 g/mol. The number of nitrogens with zero attached hydrogens (tertiary/aromatic N) is 1. The molecule has 0 spiro atoms. The summed E-state index contributed by atoms with van der Waals surface area (Å²) >= 11 is 0.215. The predicted molar refractivity (Wildman–Crippen MR) is 103 cm³/mol. The van der Waals surface area contributed by atoms with Crippen LogP contribution >= 0.6 is 0 Å². The fourth-order valence-corrected chi connectivity index (χ4v) is 5.01. The zero-order valence-corrected chi connectivity index (χ0v) is 15.2. The number of benzene rings is 3. The second-order valence-corrected chi connectivity index (χ2v) is 8.08. The molecule has 1 nitrogen and oxygen atoms in total. The van der Waals surface area contributed by atoms with Gasteiger partial charge in [-0.25, -0.2) is 0 Å². The number of hydrogen-bond acceptors (Lipinski definition) is 1. The standard InChI is InChI=1S/C22H17NSe/c1-16-11-13-19(14-12-16)24-22-20-10-6-5-9-18(20)15-23-21(22)17-7-3-2-4-8-17/h2-15H,1H3. The van der Waals surface area contributed by atoms with Gasteiger partial charge in [-0.05, 0) is 0 Å². The fourth-order valence-electron chi connectivity index (χ4n) is 2.77. The second kappa shape index (κ2) is 6.60. The third-order valence-electron chi connectivity index (χ3n) is 4.04. The average molecular weight is 374 g/mol. The molecule has 0 N–H and O–H groups in total. The van der Waals surface area contributed by atoms with Gasteiger partial charge >= 0.3 is 148 Å². The van der Waals surface area contributed by atoms with Gasteiger partial charge in [0.05, 0.1) is 0 Å². The Morgan fingerprint density at radius 1 is 0.750 bits per heavy atom. The van der Waals surface area contributed by atoms with Crippen LogP contribution in [0, 0.1) is 6.92 Å². The Kier molecular flexibility index (Phi) is 4.17. The summed E-state index contributed by atoms with van der Waals surface area (Å²) in [5.74, 6) is 0. The van der Waals surface area contributed by atoms with Crippen molar-refractivity contribution in [1.29, 1.82) is 0 Å². The summed E-state index contributed by atoms with van der Waals surface area (Å²) in [5, 5.41) is 2.52. The van der Waals surface area contributed by atoms with E-state index in [2.05, 4.69) is 85.8 Å². The maximum atomic E-state index is 4.81. The molecule has 3 aromatic carbocycles. The van der Waals surface area contributed by atoms with Crippen molar-refractivity contribution in [2.45, 2.75) is 6.92 Å². The van der Waals surface area contributed by atoms with E-state index in [1.807, 2.05) is 6.20 Å². The summed E-state index contributed by atoms with van der Waals surface area (Å²) in [6.45, 7) is 2.13. The molecule has 2 heteroatoms. The first kappa shape index (κ1) is 15.1. The molecule has 0 bridgehead atoms. The van der Waals surface area contributed by atoms with Crippen molar-refractivity contribution in [1.82, 2.24) is 4.98 Å². The molecule has 0 amide bonds. The SMILES string of the molecule is Cc1ccc([Se]c2c(-c3ccccc3)ncc3ccccc23)cc1. The molecule has 0 radical (unpaired) electrons. The van der Waals surface area contributed by atoms with Crippen molar-refractivity contribution in [3.05, 3.63) is 90.6 Å². The third-order valence-corrected chi connectivity index (χ3v) is 6.40. The molecule has 4 aromatic rings. The van der Waals surface area contributed by atoms with Gasteiger partial charge in [0.25, 0.3) is 0 Å². The van der Waals surface area contributed by atoms with Crippen molar-refractivity contribution in [2.75, 3.05) is 0 Å². The first-order valence-electron chi connectivity index (χ1n) is 7.99. The van der Waals surface area contributed by atoms with Gasteiger partial charge in [0.1, 0.15) is 0 Å². The molecule has 4 rings (SSSR count). The Morgan fingerprint density at radius 3 is 2.25 bits per heavy atom. The molecular formula is C22H17NSe. The predicted octanol–water partition coefficient (Wildman–Crippen LogP) is 3.87. The Balaban J connectivity index is 1.91. The van der Waals surface area contributed by atoms with E-state index >= 15 is 0 Å².